The lowest BCUT2D eigenvalue weighted by atomic mass is 10.2. The first kappa shape index (κ1) is 18.6. The van der Waals surface area contributed by atoms with Gasteiger partial charge < -0.3 is 5.32 Å². The zero-order chi connectivity index (χ0) is 17.9. The first-order valence-electron chi connectivity index (χ1n) is 6.28. The molecule has 2 aromatic rings. The van der Waals surface area contributed by atoms with Crippen molar-refractivity contribution in [3.05, 3.63) is 66.6 Å². The van der Waals surface area contributed by atoms with Gasteiger partial charge in [-0.15, -0.1) is 0 Å². The number of thiocarbonyl (C=S) groups is 1. The lowest BCUT2D eigenvalue weighted by Gasteiger charge is -2.11. The number of nitrogens with zero attached hydrogens (tertiary/aromatic N) is 1. The van der Waals surface area contributed by atoms with E-state index in [0.29, 0.717) is 20.2 Å². The van der Waals surface area contributed by atoms with Crippen molar-refractivity contribution in [3.63, 3.8) is 0 Å². The summed E-state index contributed by atoms with van der Waals surface area (Å²) in [7, 11) is 0. The quantitative estimate of drug-likeness (QED) is 0.400. The molecular formula is C14H8BrCl2N3O3S. The van der Waals surface area contributed by atoms with E-state index in [1.54, 1.807) is 0 Å². The van der Waals surface area contributed by atoms with Crippen LogP contribution in [0.1, 0.15) is 10.4 Å². The number of hydrogen-bond acceptors (Lipinski definition) is 4. The SMILES string of the molecule is O=C(NC(=S)Nc1ccc([N+](=O)[O-])cc1Br)c1cc(Cl)cc(Cl)c1. The van der Waals surface area contributed by atoms with Gasteiger partial charge in [-0.1, -0.05) is 23.2 Å². The van der Waals surface area contributed by atoms with Crippen molar-refractivity contribution in [2.24, 2.45) is 0 Å². The highest BCUT2D eigenvalue weighted by Crippen LogP contribution is 2.27. The summed E-state index contributed by atoms with van der Waals surface area (Å²) in [6.45, 7) is 0. The third kappa shape index (κ3) is 4.88. The molecule has 0 bridgehead atoms. The maximum Gasteiger partial charge on any atom is 0.270 e. The number of halogens is 3. The Bertz CT molecular complexity index is 828. The maximum absolute atomic E-state index is 12.1. The third-order valence-electron chi connectivity index (χ3n) is 2.76. The monoisotopic (exact) mass is 447 g/mol. The van der Waals surface area contributed by atoms with Crippen molar-refractivity contribution < 1.29 is 9.72 Å². The molecule has 0 aromatic heterocycles. The van der Waals surface area contributed by atoms with Crippen LogP contribution in [0.3, 0.4) is 0 Å². The van der Waals surface area contributed by atoms with Crippen molar-refractivity contribution in [2.45, 2.75) is 0 Å². The van der Waals surface area contributed by atoms with E-state index in [9.17, 15) is 14.9 Å². The van der Waals surface area contributed by atoms with Crippen LogP contribution in [0.4, 0.5) is 11.4 Å². The summed E-state index contributed by atoms with van der Waals surface area (Å²) in [5.74, 6) is -0.491. The molecule has 2 N–H and O–H groups in total. The van der Waals surface area contributed by atoms with Crippen molar-refractivity contribution in [1.29, 1.82) is 0 Å². The maximum atomic E-state index is 12.1. The second-order valence-electron chi connectivity index (χ2n) is 4.49. The Morgan fingerprint density at radius 2 is 1.79 bits per heavy atom. The van der Waals surface area contributed by atoms with E-state index in [1.165, 1.54) is 36.4 Å². The predicted octanol–water partition coefficient (Wildman–Crippen LogP) is 4.79. The molecule has 0 saturated carbocycles. The van der Waals surface area contributed by atoms with Gasteiger partial charge in [0.05, 0.1) is 10.6 Å². The van der Waals surface area contributed by atoms with Gasteiger partial charge in [0.2, 0.25) is 0 Å². The molecule has 0 aliphatic rings. The van der Waals surface area contributed by atoms with Gasteiger partial charge in [-0.2, -0.15) is 0 Å². The number of amides is 1. The second kappa shape index (κ2) is 7.89. The number of anilines is 1. The van der Waals surface area contributed by atoms with Gasteiger partial charge in [0.15, 0.2) is 5.11 Å². The number of nitro benzene ring substituents is 1. The largest absolute Gasteiger partial charge is 0.331 e. The molecule has 2 aromatic carbocycles. The van der Waals surface area contributed by atoms with E-state index in [0.717, 1.165) is 0 Å². The fraction of sp³-hybridized carbons (Fsp3) is 0. The van der Waals surface area contributed by atoms with E-state index < -0.39 is 10.8 Å². The molecule has 0 unspecified atom stereocenters. The molecule has 0 aliphatic carbocycles. The highest BCUT2D eigenvalue weighted by molar-refractivity contribution is 9.10. The van der Waals surface area contributed by atoms with Crippen LogP contribution in [0.5, 0.6) is 0 Å². The number of carbonyl (C=O) groups excluding carboxylic acids is 1. The molecule has 0 atom stereocenters. The highest BCUT2D eigenvalue weighted by atomic mass is 79.9. The Labute approximate surface area is 160 Å². The molecule has 0 saturated heterocycles. The Kier molecular flexibility index (Phi) is 6.11. The minimum atomic E-state index is -0.516. The number of non-ortho nitro benzene ring substituents is 1. The Morgan fingerprint density at radius 3 is 2.33 bits per heavy atom. The molecule has 0 fully saturated rings. The van der Waals surface area contributed by atoms with E-state index in [4.69, 9.17) is 35.4 Å². The number of hydrogen-bond donors (Lipinski definition) is 2. The molecule has 2 rings (SSSR count). The van der Waals surface area contributed by atoms with Crippen LogP contribution in [0, 0.1) is 10.1 Å². The molecule has 1 amide bonds. The zero-order valence-electron chi connectivity index (χ0n) is 11.7. The molecule has 0 spiro atoms. The first-order valence-corrected chi connectivity index (χ1v) is 8.24. The minimum Gasteiger partial charge on any atom is -0.331 e. The summed E-state index contributed by atoms with van der Waals surface area (Å²) in [6, 6.07) is 8.51. The zero-order valence-corrected chi connectivity index (χ0v) is 15.6. The Morgan fingerprint density at radius 1 is 1.17 bits per heavy atom. The van der Waals surface area contributed by atoms with Gasteiger partial charge in [-0.3, -0.25) is 20.2 Å². The van der Waals surface area contributed by atoms with Crippen molar-refractivity contribution in [3.8, 4) is 0 Å². The van der Waals surface area contributed by atoms with Crippen molar-refractivity contribution in [1.82, 2.24) is 5.32 Å². The predicted molar refractivity (Wildman–Crippen MR) is 101 cm³/mol. The molecule has 124 valence electrons. The lowest BCUT2D eigenvalue weighted by molar-refractivity contribution is -0.384. The molecule has 10 heteroatoms. The van der Waals surface area contributed by atoms with E-state index >= 15 is 0 Å². The summed E-state index contributed by atoms with van der Waals surface area (Å²) < 4.78 is 0.430. The molecular weight excluding hydrogens is 441 g/mol. The summed E-state index contributed by atoms with van der Waals surface area (Å²) in [4.78, 5) is 22.3. The number of carbonyl (C=O) groups is 1. The first-order chi connectivity index (χ1) is 11.3. The minimum absolute atomic E-state index is 0.0191. The van der Waals surface area contributed by atoms with Crippen LogP contribution in [-0.2, 0) is 0 Å². The smallest absolute Gasteiger partial charge is 0.270 e. The number of rotatable bonds is 3. The highest BCUT2D eigenvalue weighted by Gasteiger charge is 2.13. The number of nitrogens with one attached hydrogen (secondary N) is 2. The van der Waals surface area contributed by atoms with E-state index in [2.05, 4.69) is 26.6 Å². The third-order valence-corrected chi connectivity index (χ3v) is 4.06. The molecule has 6 nitrogen and oxygen atoms in total. The molecule has 0 heterocycles. The van der Waals surface area contributed by atoms with Crippen LogP contribution in [0.25, 0.3) is 0 Å². The van der Waals surface area contributed by atoms with Gasteiger partial charge in [0.25, 0.3) is 11.6 Å². The lowest BCUT2D eigenvalue weighted by Crippen LogP contribution is -2.34. The van der Waals surface area contributed by atoms with Gasteiger partial charge >= 0.3 is 0 Å². The number of benzene rings is 2. The van der Waals surface area contributed by atoms with Crippen LogP contribution < -0.4 is 10.6 Å². The van der Waals surface area contributed by atoms with Gasteiger partial charge in [-0.25, -0.2) is 0 Å². The van der Waals surface area contributed by atoms with Crippen LogP contribution >= 0.6 is 51.3 Å². The average molecular weight is 449 g/mol. The normalized spacial score (nSPS) is 10.1. The second-order valence-corrected chi connectivity index (χ2v) is 6.62. The van der Waals surface area contributed by atoms with Gasteiger partial charge in [0, 0.05) is 32.2 Å². The van der Waals surface area contributed by atoms with Crippen LogP contribution in [0.15, 0.2) is 40.9 Å². The number of nitro groups is 1. The van der Waals surface area contributed by atoms with Crippen molar-refractivity contribution in [2.75, 3.05) is 5.32 Å². The van der Waals surface area contributed by atoms with Gasteiger partial charge in [0.1, 0.15) is 0 Å². The average Bonchev–Trinajstić information content (AvgIpc) is 2.48. The van der Waals surface area contributed by atoms with Crippen molar-refractivity contribution >= 4 is 73.7 Å². The van der Waals surface area contributed by atoms with Crippen LogP contribution in [0.2, 0.25) is 10.0 Å². The summed E-state index contributed by atoms with van der Waals surface area (Å²) in [6.07, 6.45) is 0. The Hall–Kier alpha value is -1.74. The fourth-order valence-electron chi connectivity index (χ4n) is 1.73. The molecule has 0 radical (unpaired) electrons. The van der Waals surface area contributed by atoms with E-state index in [-0.39, 0.29) is 16.4 Å². The fourth-order valence-corrected chi connectivity index (χ4v) is 2.93. The molecule has 24 heavy (non-hydrogen) atoms. The summed E-state index contributed by atoms with van der Waals surface area (Å²) >= 11 is 20.0. The van der Waals surface area contributed by atoms with Gasteiger partial charge in [-0.05, 0) is 52.4 Å². The summed E-state index contributed by atoms with van der Waals surface area (Å²) in [5.41, 5.74) is 0.644. The molecule has 0 aliphatic heterocycles. The summed E-state index contributed by atoms with van der Waals surface area (Å²) in [5, 5.41) is 16.6. The topological polar surface area (TPSA) is 84.3 Å². The van der Waals surface area contributed by atoms with Crippen LogP contribution in [-0.4, -0.2) is 15.9 Å². The van der Waals surface area contributed by atoms with E-state index in [1.807, 2.05) is 0 Å². The standard InChI is InChI=1S/C14H8BrCl2N3O3S/c15-11-6-10(20(22)23)1-2-12(11)18-14(24)19-13(21)7-3-8(16)5-9(17)4-7/h1-6H,(H2,18,19,21,24). The Balaban J connectivity index is 2.08.